The molecule has 2 rings (SSSR count). The summed E-state index contributed by atoms with van der Waals surface area (Å²) in [7, 11) is 0. The Morgan fingerprint density at radius 1 is 1.19 bits per heavy atom. The second-order valence-electron chi connectivity index (χ2n) is 3.33. The van der Waals surface area contributed by atoms with Crippen LogP contribution in [0.4, 0.5) is 0 Å². The third-order valence-corrected chi connectivity index (χ3v) is 2.31. The highest BCUT2D eigenvalue weighted by Crippen LogP contribution is 2.04. The number of halogens is 2. The molecule has 94 valence electrons. The Hall–Kier alpha value is -0.620. The van der Waals surface area contributed by atoms with Crippen molar-refractivity contribution in [1.29, 1.82) is 0 Å². The first-order valence-electron chi connectivity index (χ1n) is 4.57. The Bertz CT molecular complexity index is 382. The predicted octanol–water partition coefficient (Wildman–Crippen LogP) is -0.215. The van der Waals surface area contributed by atoms with Crippen molar-refractivity contribution < 1.29 is 5.48 Å². The van der Waals surface area contributed by atoms with Gasteiger partial charge in [-0.25, -0.2) is 4.98 Å². The maximum Gasteiger partial charge on any atom is 0.254 e. The van der Waals surface area contributed by atoms with E-state index in [1.807, 2.05) is 6.92 Å². The van der Waals surface area contributed by atoms with Crippen LogP contribution in [0, 0.1) is 6.92 Å². The van der Waals surface area contributed by atoms with Gasteiger partial charge < -0.3 is 15.8 Å². The van der Waals surface area contributed by atoms with E-state index in [0.717, 1.165) is 37.2 Å². The molecule has 0 unspecified atom stereocenters. The molecule has 0 saturated carbocycles. The lowest BCUT2D eigenvalue weighted by atomic mass is 10.1. The monoisotopic (exact) mass is 269 g/mol. The van der Waals surface area contributed by atoms with Crippen LogP contribution in [0.1, 0.15) is 17.1 Å². The number of aromatic nitrogens is 2. The molecule has 0 amide bonds. The number of nitrogens with zero attached hydrogens (tertiary/aromatic N) is 1. The first-order valence-corrected chi connectivity index (χ1v) is 4.57. The lowest BCUT2D eigenvalue weighted by Crippen LogP contribution is -2.19. The summed E-state index contributed by atoms with van der Waals surface area (Å²) in [4.78, 5) is 18.6. The lowest BCUT2D eigenvalue weighted by Gasteiger charge is -2.03. The van der Waals surface area contributed by atoms with Crippen molar-refractivity contribution in [2.45, 2.75) is 19.8 Å². The largest absolute Gasteiger partial charge is 0.412 e. The number of aromatic amines is 1. The van der Waals surface area contributed by atoms with Gasteiger partial charge in [-0.15, -0.1) is 24.8 Å². The van der Waals surface area contributed by atoms with Crippen LogP contribution >= 0.6 is 24.8 Å². The molecule has 1 aliphatic rings. The SMILES string of the molecule is Cc1nc2c(c(=O)[nH]1)CCNCC2.Cl.Cl.O. The molecule has 1 aliphatic heterocycles. The fourth-order valence-corrected chi connectivity index (χ4v) is 1.68. The van der Waals surface area contributed by atoms with Gasteiger partial charge in [0.15, 0.2) is 0 Å². The standard InChI is InChI=1S/C9H13N3O.2ClH.H2O/c1-6-11-8-3-5-10-4-2-7(8)9(13)12-6;;;/h10H,2-5H2,1H3,(H,11,12,13);2*1H;1H2. The van der Waals surface area contributed by atoms with Gasteiger partial charge in [0.05, 0.1) is 5.69 Å². The zero-order chi connectivity index (χ0) is 9.26. The summed E-state index contributed by atoms with van der Waals surface area (Å²) in [6.07, 6.45) is 1.65. The highest BCUT2D eigenvalue weighted by Gasteiger charge is 2.12. The topological polar surface area (TPSA) is 89.3 Å². The lowest BCUT2D eigenvalue weighted by molar-refractivity contribution is 0.708. The minimum absolute atomic E-state index is 0. The van der Waals surface area contributed by atoms with Gasteiger partial charge in [0.2, 0.25) is 0 Å². The summed E-state index contributed by atoms with van der Waals surface area (Å²) in [5, 5.41) is 3.25. The second-order valence-corrected chi connectivity index (χ2v) is 3.33. The molecule has 0 spiro atoms. The molecule has 16 heavy (non-hydrogen) atoms. The zero-order valence-corrected chi connectivity index (χ0v) is 10.6. The average Bonchev–Trinajstić information content (AvgIpc) is 2.28. The number of fused-ring (bicyclic) bond motifs is 1. The van der Waals surface area contributed by atoms with Crippen molar-refractivity contribution in [3.8, 4) is 0 Å². The third kappa shape index (κ3) is 3.75. The Kier molecular flexibility index (Phi) is 8.46. The molecule has 0 aromatic carbocycles. The minimum Gasteiger partial charge on any atom is -0.412 e. The van der Waals surface area contributed by atoms with Crippen LogP contribution in [0.25, 0.3) is 0 Å². The summed E-state index contributed by atoms with van der Waals surface area (Å²) in [6, 6.07) is 0. The summed E-state index contributed by atoms with van der Waals surface area (Å²) >= 11 is 0. The number of hydrogen-bond acceptors (Lipinski definition) is 3. The molecule has 1 aromatic rings. The van der Waals surface area contributed by atoms with E-state index in [0.29, 0.717) is 5.82 Å². The van der Waals surface area contributed by atoms with Gasteiger partial charge >= 0.3 is 0 Å². The Morgan fingerprint density at radius 2 is 1.81 bits per heavy atom. The third-order valence-electron chi connectivity index (χ3n) is 2.31. The van der Waals surface area contributed by atoms with Crippen LogP contribution < -0.4 is 10.9 Å². The van der Waals surface area contributed by atoms with Gasteiger partial charge in [0.1, 0.15) is 5.82 Å². The van der Waals surface area contributed by atoms with Crippen LogP contribution in [-0.4, -0.2) is 28.5 Å². The van der Waals surface area contributed by atoms with Gasteiger partial charge in [0.25, 0.3) is 5.56 Å². The van der Waals surface area contributed by atoms with Gasteiger partial charge in [-0.1, -0.05) is 0 Å². The van der Waals surface area contributed by atoms with E-state index < -0.39 is 0 Å². The number of aryl methyl sites for hydroxylation is 1. The average molecular weight is 270 g/mol. The number of nitrogens with one attached hydrogen (secondary N) is 2. The number of H-pyrrole nitrogens is 1. The van der Waals surface area contributed by atoms with E-state index in [4.69, 9.17) is 0 Å². The molecule has 0 radical (unpaired) electrons. The molecule has 0 atom stereocenters. The maximum atomic E-state index is 11.5. The highest BCUT2D eigenvalue weighted by atomic mass is 35.5. The van der Waals surface area contributed by atoms with Crippen molar-refractivity contribution in [1.82, 2.24) is 15.3 Å². The summed E-state index contributed by atoms with van der Waals surface area (Å²) in [6.45, 7) is 3.61. The Labute approximate surface area is 106 Å². The van der Waals surface area contributed by atoms with E-state index in [9.17, 15) is 4.79 Å². The van der Waals surface area contributed by atoms with Crippen molar-refractivity contribution >= 4 is 24.8 Å². The quantitative estimate of drug-likeness (QED) is 0.683. The van der Waals surface area contributed by atoms with Crippen molar-refractivity contribution in [3.63, 3.8) is 0 Å². The maximum absolute atomic E-state index is 11.5. The molecular formula is C9H17Cl2N3O2. The fraction of sp³-hybridized carbons (Fsp3) is 0.556. The van der Waals surface area contributed by atoms with Gasteiger partial charge in [-0.2, -0.15) is 0 Å². The van der Waals surface area contributed by atoms with E-state index in [-0.39, 0.29) is 35.8 Å². The molecule has 1 aromatic heterocycles. The molecular weight excluding hydrogens is 253 g/mol. The van der Waals surface area contributed by atoms with Gasteiger partial charge in [-0.05, 0) is 19.9 Å². The molecule has 0 aliphatic carbocycles. The van der Waals surface area contributed by atoms with E-state index in [2.05, 4.69) is 15.3 Å². The normalized spacial score (nSPS) is 13.3. The molecule has 0 fully saturated rings. The number of hydrogen-bond donors (Lipinski definition) is 2. The summed E-state index contributed by atoms with van der Waals surface area (Å²) < 4.78 is 0. The van der Waals surface area contributed by atoms with Crippen molar-refractivity contribution in [2.75, 3.05) is 13.1 Å². The van der Waals surface area contributed by atoms with Crippen molar-refractivity contribution in [2.24, 2.45) is 0 Å². The smallest absolute Gasteiger partial charge is 0.254 e. The van der Waals surface area contributed by atoms with Crippen molar-refractivity contribution in [3.05, 3.63) is 27.4 Å². The van der Waals surface area contributed by atoms with Crippen LogP contribution in [0.15, 0.2) is 4.79 Å². The molecule has 0 bridgehead atoms. The van der Waals surface area contributed by atoms with Crippen LogP contribution in [0.5, 0.6) is 0 Å². The van der Waals surface area contributed by atoms with Crippen LogP contribution in [-0.2, 0) is 12.8 Å². The van der Waals surface area contributed by atoms with Gasteiger partial charge in [-0.3, -0.25) is 4.79 Å². The zero-order valence-electron chi connectivity index (χ0n) is 9.00. The Balaban J connectivity index is 0. The molecule has 2 heterocycles. The summed E-state index contributed by atoms with van der Waals surface area (Å²) in [5.41, 5.74) is 1.85. The minimum atomic E-state index is 0. The highest BCUT2D eigenvalue weighted by molar-refractivity contribution is 5.85. The first-order chi connectivity index (χ1) is 6.27. The van der Waals surface area contributed by atoms with Gasteiger partial charge in [0, 0.05) is 18.5 Å². The second kappa shape index (κ2) is 7.62. The fourth-order valence-electron chi connectivity index (χ4n) is 1.68. The molecule has 0 saturated heterocycles. The van der Waals surface area contributed by atoms with Crippen LogP contribution in [0.2, 0.25) is 0 Å². The summed E-state index contributed by atoms with van der Waals surface area (Å²) in [5.74, 6) is 0.714. The molecule has 4 N–H and O–H groups in total. The molecule has 5 nitrogen and oxygen atoms in total. The van der Waals surface area contributed by atoms with E-state index in [1.54, 1.807) is 0 Å². The predicted molar refractivity (Wildman–Crippen MR) is 68.0 cm³/mol. The van der Waals surface area contributed by atoms with E-state index >= 15 is 0 Å². The molecule has 7 heteroatoms. The first kappa shape index (κ1) is 17.8. The number of rotatable bonds is 0. The van der Waals surface area contributed by atoms with E-state index in [1.165, 1.54) is 0 Å². The Morgan fingerprint density at radius 3 is 2.50 bits per heavy atom. The van der Waals surface area contributed by atoms with Crippen LogP contribution in [0.3, 0.4) is 0 Å².